The third-order valence-corrected chi connectivity index (χ3v) is 2.88. The average Bonchev–Trinajstić information content (AvgIpc) is 2.15. The van der Waals surface area contributed by atoms with Gasteiger partial charge in [0.05, 0.1) is 0 Å². The van der Waals surface area contributed by atoms with Crippen LogP contribution in [-0.4, -0.2) is 25.4 Å². The van der Waals surface area contributed by atoms with Crippen molar-refractivity contribution in [1.29, 1.82) is 0 Å². The van der Waals surface area contributed by atoms with Crippen LogP contribution in [0.4, 0.5) is 0 Å². The summed E-state index contributed by atoms with van der Waals surface area (Å²) in [5.74, 6) is 0. The van der Waals surface area contributed by atoms with E-state index < -0.39 is 9.28 Å². The summed E-state index contributed by atoms with van der Waals surface area (Å²) in [4.78, 5) is 18.3. The Morgan fingerprint density at radius 2 is 1.92 bits per heavy atom. The lowest BCUT2D eigenvalue weighted by atomic mass is 10.1. The summed E-state index contributed by atoms with van der Waals surface area (Å²) >= 11 is 0. The van der Waals surface area contributed by atoms with E-state index in [9.17, 15) is 0 Å². The lowest BCUT2D eigenvalue weighted by molar-refractivity contribution is 0.425. The first kappa shape index (κ1) is 10.4. The monoisotopic (exact) mass is 196 g/mol. The molecule has 0 aromatic heterocycles. The zero-order valence-corrected chi connectivity index (χ0v) is 8.40. The molecule has 0 fully saturated rings. The van der Waals surface area contributed by atoms with E-state index in [1.165, 1.54) is 0 Å². The highest BCUT2D eigenvalue weighted by Gasteiger charge is 2.12. The second kappa shape index (κ2) is 5.13. The van der Waals surface area contributed by atoms with Crippen LogP contribution in [0.3, 0.4) is 0 Å². The van der Waals surface area contributed by atoms with Gasteiger partial charge in [0.15, 0.2) is 0 Å². The first-order valence-electron chi connectivity index (χ1n) is 4.29. The second-order valence-corrected chi connectivity index (χ2v) is 4.06. The normalized spacial score (nSPS) is 10.8. The minimum atomic E-state index is -2.31. The van der Waals surface area contributed by atoms with E-state index in [0.29, 0.717) is 11.7 Å². The number of rotatable bonds is 4. The Morgan fingerprint density at radius 1 is 1.23 bits per heavy atom. The van der Waals surface area contributed by atoms with Crippen LogP contribution in [0.1, 0.15) is 12.0 Å². The summed E-state index contributed by atoms with van der Waals surface area (Å²) in [5, 5.41) is 0.681. The van der Waals surface area contributed by atoms with Crippen LogP contribution in [0.25, 0.3) is 0 Å². The third kappa shape index (κ3) is 2.93. The van der Waals surface area contributed by atoms with Gasteiger partial charge < -0.3 is 15.3 Å². The molecule has 1 rings (SSSR count). The molecule has 0 heterocycles. The van der Waals surface area contributed by atoms with Crippen molar-refractivity contribution in [2.45, 2.75) is 12.8 Å². The molecule has 0 saturated heterocycles. The molecule has 0 aliphatic carbocycles. The topological polar surface area (TPSA) is 66.5 Å². The summed E-state index contributed by atoms with van der Waals surface area (Å²) in [6.45, 7) is 0.632. The van der Waals surface area contributed by atoms with Gasteiger partial charge in [0, 0.05) is 0 Å². The van der Waals surface area contributed by atoms with Crippen molar-refractivity contribution in [1.82, 2.24) is 0 Å². The fourth-order valence-electron chi connectivity index (χ4n) is 1.25. The quantitative estimate of drug-likeness (QED) is 0.556. The van der Waals surface area contributed by atoms with Crippen molar-refractivity contribution in [3.8, 4) is 0 Å². The maximum Gasteiger partial charge on any atom is 0.418 e. The molecule has 13 heavy (non-hydrogen) atoms. The van der Waals surface area contributed by atoms with Crippen LogP contribution in [0, 0.1) is 0 Å². The lowest BCUT2D eigenvalue weighted by Gasteiger charge is -2.07. The second-order valence-electron chi connectivity index (χ2n) is 2.87. The van der Waals surface area contributed by atoms with E-state index in [-0.39, 0.29) is 0 Å². The number of benzene rings is 1. The molecule has 0 unspecified atom stereocenters. The first-order chi connectivity index (χ1) is 6.25. The molecule has 0 bridgehead atoms. The fourth-order valence-corrected chi connectivity index (χ4v) is 1.99. The highest BCUT2D eigenvalue weighted by Crippen LogP contribution is 2.00. The van der Waals surface area contributed by atoms with Gasteiger partial charge in [-0.2, -0.15) is 0 Å². The standard InChI is InChI=1S/C9H14NO2Si/c10-7-3-5-8-4-1-2-6-9(8)13(11)12/h1-2,4,6,11-12H,3,5,7,10H2. The van der Waals surface area contributed by atoms with Crippen molar-refractivity contribution < 1.29 is 9.59 Å². The van der Waals surface area contributed by atoms with Gasteiger partial charge in [-0.1, -0.05) is 24.3 Å². The molecule has 0 aliphatic rings. The molecule has 0 saturated carbocycles. The molecule has 0 amide bonds. The van der Waals surface area contributed by atoms with Crippen molar-refractivity contribution in [2.75, 3.05) is 6.54 Å². The third-order valence-electron chi connectivity index (χ3n) is 1.91. The van der Waals surface area contributed by atoms with E-state index >= 15 is 0 Å². The van der Waals surface area contributed by atoms with Gasteiger partial charge in [-0.3, -0.25) is 0 Å². The maximum absolute atomic E-state index is 9.13. The van der Waals surface area contributed by atoms with Gasteiger partial charge in [-0.25, -0.2) is 0 Å². The number of nitrogens with two attached hydrogens (primary N) is 1. The van der Waals surface area contributed by atoms with Crippen LogP contribution < -0.4 is 10.9 Å². The number of aryl methyl sites for hydroxylation is 1. The molecular weight excluding hydrogens is 182 g/mol. The van der Waals surface area contributed by atoms with Gasteiger partial charge in [-0.15, -0.1) is 0 Å². The molecule has 0 spiro atoms. The van der Waals surface area contributed by atoms with Crippen LogP contribution in [0.5, 0.6) is 0 Å². The van der Waals surface area contributed by atoms with E-state index in [4.69, 9.17) is 15.3 Å². The molecule has 1 radical (unpaired) electrons. The van der Waals surface area contributed by atoms with Crippen LogP contribution in [0.2, 0.25) is 0 Å². The summed E-state index contributed by atoms with van der Waals surface area (Å²) < 4.78 is 0. The summed E-state index contributed by atoms with van der Waals surface area (Å²) in [5.41, 5.74) is 6.39. The van der Waals surface area contributed by atoms with E-state index in [1.54, 1.807) is 6.07 Å². The number of hydrogen-bond donors (Lipinski definition) is 3. The first-order valence-corrected chi connectivity index (χ1v) is 5.68. The Balaban J connectivity index is 2.78. The Bertz CT molecular complexity index is 266. The zero-order chi connectivity index (χ0) is 9.68. The highest BCUT2D eigenvalue weighted by molar-refractivity contribution is 6.59. The van der Waals surface area contributed by atoms with Crippen LogP contribution in [-0.2, 0) is 6.42 Å². The summed E-state index contributed by atoms with van der Waals surface area (Å²) in [6, 6.07) is 7.40. The van der Waals surface area contributed by atoms with Crippen LogP contribution in [0.15, 0.2) is 24.3 Å². The van der Waals surface area contributed by atoms with Crippen molar-refractivity contribution in [3.63, 3.8) is 0 Å². The Kier molecular flexibility index (Phi) is 4.11. The van der Waals surface area contributed by atoms with E-state index in [0.717, 1.165) is 18.4 Å². The largest absolute Gasteiger partial charge is 0.418 e. The molecule has 4 N–H and O–H groups in total. The molecule has 0 atom stereocenters. The molecule has 71 valence electrons. The molecule has 0 aliphatic heterocycles. The maximum atomic E-state index is 9.13. The smallest absolute Gasteiger partial charge is 0.406 e. The number of hydrogen-bond acceptors (Lipinski definition) is 3. The highest BCUT2D eigenvalue weighted by atomic mass is 28.3. The van der Waals surface area contributed by atoms with Crippen molar-refractivity contribution >= 4 is 14.5 Å². The minimum absolute atomic E-state index is 0.632. The molecular formula is C9H14NO2Si. The van der Waals surface area contributed by atoms with Gasteiger partial charge >= 0.3 is 9.28 Å². The Morgan fingerprint density at radius 3 is 2.54 bits per heavy atom. The Labute approximate surface area is 79.7 Å². The lowest BCUT2D eigenvalue weighted by Crippen LogP contribution is -2.33. The van der Waals surface area contributed by atoms with E-state index in [2.05, 4.69) is 0 Å². The Hall–Kier alpha value is -0.683. The molecule has 3 nitrogen and oxygen atoms in total. The molecule has 1 aromatic rings. The van der Waals surface area contributed by atoms with Gasteiger partial charge in [-0.05, 0) is 30.1 Å². The van der Waals surface area contributed by atoms with E-state index in [1.807, 2.05) is 18.2 Å². The molecule has 4 heteroatoms. The van der Waals surface area contributed by atoms with Gasteiger partial charge in [0.1, 0.15) is 0 Å². The molecule has 1 aromatic carbocycles. The summed E-state index contributed by atoms with van der Waals surface area (Å²) in [7, 11) is -2.31. The van der Waals surface area contributed by atoms with Crippen LogP contribution >= 0.6 is 0 Å². The van der Waals surface area contributed by atoms with Crippen molar-refractivity contribution in [2.24, 2.45) is 5.73 Å². The minimum Gasteiger partial charge on any atom is -0.406 e. The predicted octanol–water partition coefficient (Wildman–Crippen LogP) is -0.742. The van der Waals surface area contributed by atoms with Gasteiger partial charge in [0.25, 0.3) is 0 Å². The van der Waals surface area contributed by atoms with Gasteiger partial charge in [0.2, 0.25) is 0 Å². The zero-order valence-electron chi connectivity index (χ0n) is 7.40. The fraction of sp³-hybridized carbons (Fsp3) is 0.333. The average molecular weight is 196 g/mol. The SMILES string of the molecule is NCCCc1ccccc1[Si](O)O. The predicted molar refractivity (Wildman–Crippen MR) is 53.6 cm³/mol. The van der Waals surface area contributed by atoms with Crippen molar-refractivity contribution in [3.05, 3.63) is 29.8 Å². The summed E-state index contributed by atoms with van der Waals surface area (Å²) in [6.07, 6.45) is 1.70.